The number of rotatable bonds is 4. The second-order valence-corrected chi connectivity index (χ2v) is 5.97. The molecule has 1 aliphatic heterocycles. The molecular weight excluding hydrogens is 236 g/mol. The first-order valence-corrected chi connectivity index (χ1v) is 7.92. The molecule has 1 unspecified atom stereocenters. The maximum absolute atomic E-state index is 6.00. The predicted molar refractivity (Wildman–Crippen MR) is 81.4 cm³/mol. The summed E-state index contributed by atoms with van der Waals surface area (Å²) in [7, 11) is 1.85. The van der Waals surface area contributed by atoms with Gasteiger partial charge in [0.15, 0.2) is 0 Å². The fraction of sp³-hybridized carbons (Fsp3) is 0.882. The van der Waals surface area contributed by atoms with Crippen LogP contribution in [0.1, 0.15) is 66.7 Å². The van der Waals surface area contributed by atoms with Crippen molar-refractivity contribution in [2.24, 2.45) is 5.92 Å². The van der Waals surface area contributed by atoms with Crippen LogP contribution >= 0.6 is 0 Å². The van der Waals surface area contributed by atoms with E-state index in [0.29, 0.717) is 18.1 Å². The summed E-state index contributed by atoms with van der Waals surface area (Å²) in [6, 6.07) is 0. The van der Waals surface area contributed by atoms with Gasteiger partial charge < -0.3 is 9.47 Å². The van der Waals surface area contributed by atoms with Gasteiger partial charge in [-0.3, -0.25) is 0 Å². The molecule has 4 atom stereocenters. The van der Waals surface area contributed by atoms with Crippen molar-refractivity contribution in [3.05, 3.63) is 11.6 Å². The second kappa shape index (κ2) is 7.44. The fourth-order valence-electron chi connectivity index (χ4n) is 3.26. The van der Waals surface area contributed by atoms with Gasteiger partial charge in [0.25, 0.3) is 0 Å². The summed E-state index contributed by atoms with van der Waals surface area (Å²) >= 11 is 0. The van der Waals surface area contributed by atoms with Crippen LogP contribution in [0.3, 0.4) is 0 Å². The lowest BCUT2D eigenvalue weighted by atomic mass is 9.76. The third-order valence-electron chi connectivity index (χ3n) is 4.46. The van der Waals surface area contributed by atoms with Crippen molar-refractivity contribution >= 4 is 0 Å². The monoisotopic (exact) mass is 268 g/mol. The van der Waals surface area contributed by atoms with Gasteiger partial charge in [-0.05, 0) is 40.0 Å². The minimum Gasteiger partial charge on any atom is -0.381 e. The summed E-state index contributed by atoms with van der Waals surface area (Å²) < 4.78 is 11.7. The third-order valence-corrected chi connectivity index (χ3v) is 4.46. The van der Waals surface area contributed by atoms with Gasteiger partial charge in [0.2, 0.25) is 0 Å². The van der Waals surface area contributed by atoms with Crippen LogP contribution in [0.4, 0.5) is 0 Å². The number of ether oxygens (including phenoxy) is 2. The molecule has 1 saturated carbocycles. The van der Waals surface area contributed by atoms with Crippen molar-refractivity contribution in [3.8, 4) is 0 Å². The molecule has 1 saturated heterocycles. The summed E-state index contributed by atoms with van der Waals surface area (Å²) in [5.74, 6) is 0.594. The summed E-state index contributed by atoms with van der Waals surface area (Å²) in [4.78, 5) is 0. The lowest BCUT2D eigenvalue weighted by molar-refractivity contribution is -0.00777. The molecule has 0 aromatic heterocycles. The SMILES string of the molecule is CC.CO[C@@H]1CCCC[C@@H]1C1(C)O[C@@H]1CC=C(C)C. The molecular formula is C17H32O2. The molecule has 112 valence electrons. The molecule has 0 radical (unpaired) electrons. The molecule has 2 rings (SSSR count). The van der Waals surface area contributed by atoms with E-state index in [-0.39, 0.29) is 5.60 Å². The minimum atomic E-state index is 0.0764. The molecule has 0 amide bonds. The summed E-state index contributed by atoms with van der Waals surface area (Å²) in [5, 5.41) is 0. The maximum atomic E-state index is 6.00. The Hall–Kier alpha value is -0.340. The van der Waals surface area contributed by atoms with Gasteiger partial charge in [-0.2, -0.15) is 0 Å². The van der Waals surface area contributed by atoms with Crippen LogP contribution in [-0.4, -0.2) is 24.9 Å². The van der Waals surface area contributed by atoms with E-state index in [0.717, 1.165) is 6.42 Å². The largest absolute Gasteiger partial charge is 0.381 e. The van der Waals surface area contributed by atoms with Crippen LogP contribution < -0.4 is 0 Å². The highest BCUT2D eigenvalue weighted by atomic mass is 16.6. The van der Waals surface area contributed by atoms with Crippen LogP contribution in [0.2, 0.25) is 0 Å². The van der Waals surface area contributed by atoms with Crippen LogP contribution in [-0.2, 0) is 9.47 Å². The first kappa shape index (κ1) is 16.7. The topological polar surface area (TPSA) is 21.8 Å². The van der Waals surface area contributed by atoms with Crippen LogP contribution in [0, 0.1) is 5.92 Å². The van der Waals surface area contributed by atoms with Gasteiger partial charge in [-0.1, -0.05) is 38.3 Å². The van der Waals surface area contributed by atoms with Gasteiger partial charge in [0.05, 0.1) is 17.8 Å². The molecule has 0 spiro atoms. The second-order valence-electron chi connectivity index (χ2n) is 5.97. The highest BCUT2D eigenvalue weighted by molar-refractivity contribution is 5.10. The lowest BCUT2D eigenvalue weighted by Crippen LogP contribution is -2.37. The average molecular weight is 268 g/mol. The summed E-state index contributed by atoms with van der Waals surface area (Å²) in [6.07, 6.45) is 9.29. The number of allylic oxidation sites excluding steroid dienone is 1. The molecule has 19 heavy (non-hydrogen) atoms. The summed E-state index contributed by atoms with van der Waals surface area (Å²) in [5.41, 5.74) is 1.46. The summed E-state index contributed by atoms with van der Waals surface area (Å²) in [6.45, 7) is 10.6. The zero-order valence-electron chi connectivity index (χ0n) is 13.7. The highest BCUT2D eigenvalue weighted by Gasteiger charge is 2.58. The van der Waals surface area contributed by atoms with E-state index in [9.17, 15) is 0 Å². The third kappa shape index (κ3) is 4.06. The fourth-order valence-corrected chi connectivity index (χ4v) is 3.26. The number of hydrogen-bond donors (Lipinski definition) is 0. The molecule has 2 heteroatoms. The average Bonchev–Trinajstić information content (AvgIpc) is 3.11. The Morgan fingerprint density at radius 2 is 1.89 bits per heavy atom. The van der Waals surface area contributed by atoms with Crippen molar-refractivity contribution in [1.82, 2.24) is 0 Å². The molecule has 0 aromatic carbocycles. The Morgan fingerprint density at radius 3 is 2.47 bits per heavy atom. The Labute approximate surface area is 119 Å². The van der Waals surface area contributed by atoms with Gasteiger partial charge in [-0.15, -0.1) is 0 Å². The number of hydrogen-bond acceptors (Lipinski definition) is 2. The molecule has 0 aromatic rings. The van der Waals surface area contributed by atoms with Gasteiger partial charge in [0.1, 0.15) is 0 Å². The Kier molecular flexibility index (Phi) is 6.55. The normalized spacial score (nSPS) is 37.1. The first-order valence-electron chi connectivity index (χ1n) is 7.92. The molecule has 0 N–H and O–H groups in total. The van der Waals surface area contributed by atoms with E-state index >= 15 is 0 Å². The molecule has 2 nitrogen and oxygen atoms in total. The van der Waals surface area contributed by atoms with E-state index in [1.807, 2.05) is 21.0 Å². The van der Waals surface area contributed by atoms with Crippen molar-refractivity contribution < 1.29 is 9.47 Å². The van der Waals surface area contributed by atoms with Crippen LogP contribution in [0.15, 0.2) is 11.6 Å². The number of methoxy groups -OCH3 is 1. The standard InChI is InChI=1S/C15H26O2.C2H6/c1-11(2)9-10-14-15(3,17-14)12-7-5-6-8-13(12)16-4;1-2/h9,12-14H,5-8,10H2,1-4H3;1-2H3/t12-,13+,14+,15?;/m0./s1. The first-order chi connectivity index (χ1) is 9.08. The predicted octanol–water partition coefficient (Wildman–Crippen LogP) is 4.73. The maximum Gasteiger partial charge on any atom is 0.0976 e. The van der Waals surface area contributed by atoms with Crippen LogP contribution in [0.25, 0.3) is 0 Å². The van der Waals surface area contributed by atoms with Gasteiger partial charge in [0, 0.05) is 13.0 Å². The molecule has 1 aliphatic carbocycles. The molecule has 1 heterocycles. The Bertz CT molecular complexity index is 294. The quantitative estimate of drug-likeness (QED) is 0.543. The smallest absolute Gasteiger partial charge is 0.0976 e. The van der Waals surface area contributed by atoms with E-state index in [1.54, 1.807) is 0 Å². The molecule has 0 bridgehead atoms. The van der Waals surface area contributed by atoms with Crippen molar-refractivity contribution in [2.45, 2.75) is 84.5 Å². The molecule has 2 aliphatic rings. The zero-order valence-corrected chi connectivity index (χ0v) is 13.7. The van der Waals surface area contributed by atoms with Crippen LogP contribution in [0.5, 0.6) is 0 Å². The lowest BCUT2D eigenvalue weighted by Gasteiger charge is -2.33. The Balaban J connectivity index is 0.000000861. The van der Waals surface area contributed by atoms with Gasteiger partial charge in [-0.25, -0.2) is 0 Å². The minimum absolute atomic E-state index is 0.0764. The molecule has 2 fully saturated rings. The van der Waals surface area contributed by atoms with E-state index in [4.69, 9.17) is 9.47 Å². The zero-order chi connectivity index (χ0) is 14.5. The number of epoxide rings is 1. The highest BCUT2D eigenvalue weighted by Crippen LogP contribution is 2.50. The van der Waals surface area contributed by atoms with Crippen molar-refractivity contribution in [3.63, 3.8) is 0 Å². The van der Waals surface area contributed by atoms with E-state index < -0.39 is 0 Å². The van der Waals surface area contributed by atoms with Crippen molar-refractivity contribution in [2.75, 3.05) is 7.11 Å². The van der Waals surface area contributed by atoms with E-state index in [2.05, 4.69) is 26.8 Å². The van der Waals surface area contributed by atoms with Crippen molar-refractivity contribution in [1.29, 1.82) is 0 Å². The Morgan fingerprint density at radius 1 is 1.26 bits per heavy atom. The van der Waals surface area contributed by atoms with E-state index in [1.165, 1.54) is 31.3 Å². The van der Waals surface area contributed by atoms with Gasteiger partial charge >= 0.3 is 0 Å².